The Hall–Kier alpha value is -3.09. The first-order valence-corrected chi connectivity index (χ1v) is 16.0. The topological polar surface area (TPSA) is 115 Å². The first-order valence-electron chi connectivity index (χ1n) is 14.4. The fraction of sp³-hybridized carbons (Fsp3) is 0.567. The summed E-state index contributed by atoms with van der Waals surface area (Å²) < 4.78 is 64.6. The van der Waals surface area contributed by atoms with Crippen LogP contribution in [0.5, 0.6) is 23.0 Å². The molecule has 0 bridgehead atoms. The van der Waals surface area contributed by atoms with Gasteiger partial charge in [0.2, 0.25) is 22.6 Å². The van der Waals surface area contributed by atoms with E-state index in [0.717, 1.165) is 12.8 Å². The second-order valence-electron chi connectivity index (χ2n) is 10.7. The normalized spacial score (nSPS) is 20.3. The van der Waals surface area contributed by atoms with Crippen molar-refractivity contribution >= 4 is 16.0 Å². The Labute approximate surface area is 247 Å². The van der Waals surface area contributed by atoms with E-state index < -0.39 is 39.7 Å². The van der Waals surface area contributed by atoms with Crippen molar-refractivity contribution in [3.05, 3.63) is 47.3 Å². The lowest BCUT2D eigenvalue weighted by atomic mass is 9.82. The van der Waals surface area contributed by atoms with E-state index in [4.69, 9.17) is 18.9 Å². The van der Waals surface area contributed by atoms with Crippen LogP contribution in [-0.4, -0.2) is 81.6 Å². The number of nitrogens with zero attached hydrogens (tertiary/aromatic N) is 2. The van der Waals surface area contributed by atoms with Gasteiger partial charge in [0.15, 0.2) is 23.1 Å². The summed E-state index contributed by atoms with van der Waals surface area (Å²) in [7, 11) is -0.621. The number of halogens is 1. The molecule has 232 valence electrons. The van der Waals surface area contributed by atoms with E-state index in [9.17, 15) is 22.7 Å². The number of hydrogen-bond acceptors (Lipinski definition) is 8. The molecule has 12 heteroatoms. The van der Waals surface area contributed by atoms with Crippen LogP contribution in [0.3, 0.4) is 0 Å². The number of carbonyl (C=O) groups is 1. The minimum atomic E-state index is -3.49. The lowest BCUT2D eigenvalue weighted by molar-refractivity contribution is -0.143. The highest BCUT2D eigenvalue weighted by molar-refractivity contribution is 7.89. The van der Waals surface area contributed by atoms with Crippen LogP contribution >= 0.6 is 0 Å². The summed E-state index contributed by atoms with van der Waals surface area (Å²) in [6, 6.07) is 7.26. The molecule has 0 spiro atoms. The summed E-state index contributed by atoms with van der Waals surface area (Å²) in [4.78, 5) is 14.9. The van der Waals surface area contributed by atoms with Crippen molar-refractivity contribution in [3.63, 3.8) is 0 Å². The molecule has 0 unspecified atom stereocenters. The van der Waals surface area contributed by atoms with Crippen molar-refractivity contribution in [1.82, 2.24) is 9.21 Å². The molecule has 2 aliphatic heterocycles. The molecule has 4 rings (SSSR count). The molecule has 42 heavy (non-hydrogen) atoms. The van der Waals surface area contributed by atoms with Crippen molar-refractivity contribution in [2.75, 3.05) is 52.9 Å². The van der Waals surface area contributed by atoms with Crippen LogP contribution in [0, 0.1) is 11.7 Å². The highest BCUT2D eigenvalue weighted by Crippen LogP contribution is 2.50. The van der Waals surface area contributed by atoms with E-state index in [-0.39, 0.29) is 31.4 Å². The third-order valence-corrected chi connectivity index (χ3v) is 9.98. The summed E-state index contributed by atoms with van der Waals surface area (Å²) in [6.45, 7) is 5.12. The number of fused-ring (bicyclic) bond motifs is 1. The largest absolute Gasteiger partial charge is 0.494 e. The Balaban J connectivity index is 1.71. The molecule has 2 aromatic rings. The molecule has 0 radical (unpaired) electrons. The SMILES string of the molecule is CCCCCS(=O)(=O)N(CCC)CCN1C[C@H](c2cc(OC)c3c(c2)OCO3)[C@@H](C(=O)O)[C@@H]1c1ccc(OC)c(F)c1. The molecule has 2 aromatic carbocycles. The maximum absolute atomic E-state index is 14.9. The van der Waals surface area contributed by atoms with Crippen LogP contribution in [0.25, 0.3) is 0 Å². The van der Waals surface area contributed by atoms with Crippen LogP contribution in [0.15, 0.2) is 30.3 Å². The predicted molar refractivity (Wildman–Crippen MR) is 155 cm³/mol. The van der Waals surface area contributed by atoms with Crippen molar-refractivity contribution in [2.24, 2.45) is 5.92 Å². The molecule has 1 N–H and O–H groups in total. The number of ether oxygens (including phenoxy) is 4. The number of methoxy groups -OCH3 is 2. The average molecular weight is 609 g/mol. The van der Waals surface area contributed by atoms with Gasteiger partial charge in [-0.05, 0) is 48.2 Å². The summed E-state index contributed by atoms with van der Waals surface area (Å²) in [5, 5.41) is 10.6. The molecule has 0 saturated carbocycles. The molecular formula is C30H41FN2O8S. The monoisotopic (exact) mass is 608 g/mol. The van der Waals surface area contributed by atoms with Gasteiger partial charge in [-0.1, -0.05) is 32.8 Å². The van der Waals surface area contributed by atoms with E-state index in [1.807, 2.05) is 18.7 Å². The molecule has 0 amide bonds. The molecule has 0 aliphatic carbocycles. The van der Waals surface area contributed by atoms with Crippen LogP contribution in [0.2, 0.25) is 0 Å². The second-order valence-corrected chi connectivity index (χ2v) is 12.8. The number of rotatable bonds is 15. The number of unbranched alkanes of at least 4 members (excludes halogenated alkanes) is 2. The van der Waals surface area contributed by atoms with Crippen LogP contribution in [0.4, 0.5) is 4.39 Å². The molecule has 1 saturated heterocycles. The summed E-state index contributed by atoms with van der Waals surface area (Å²) in [6.07, 6.45) is 2.99. The zero-order valence-corrected chi connectivity index (χ0v) is 25.5. The number of carboxylic acid groups (broad SMARTS) is 1. The summed E-state index contributed by atoms with van der Waals surface area (Å²) >= 11 is 0. The highest BCUT2D eigenvalue weighted by Gasteiger charge is 2.48. The Morgan fingerprint density at radius 2 is 1.81 bits per heavy atom. The van der Waals surface area contributed by atoms with Crippen molar-refractivity contribution in [3.8, 4) is 23.0 Å². The predicted octanol–water partition coefficient (Wildman–Crippen LogP) is 4.64. The Morgan fingerprint density at radius 3 is 2.45 bits per heavy atom. The van der Waals surface area contributed by atoms with Gasteiger partial charge in [-0.2, -0.15) is 0 Å². The van der Waals surface area contributed by atoms with E-state index >= 15 is 0 Å². The third kappa shape index (κ3) is 6.76. The van der Waals surface area contributed by atoms with Crippen LogP contribution < -0.4 is 18.9 Å². The number of benzene rings is 2. The highest BCUT2D eigenvalue weighted by atomic mass is 32.2. The number of hydrogen-bond donors (Lipinski definition) is 1. The summed E-state index contributed by atoms with van der Waals surface area (Å²) in [5.41, 5.74) is 1.16. The van der Waals surface area contributed by atoms with E-state index in [1.54, 1.807) is 18.2 Å². The van der Waals surface area contributed by atoms with Gasteiger partial charge in [-0.25, -0.2) is 17.1 Å². The number of likely N-dealkylation sites (tertiary alicyclic amines) is 1. The minimum absolute atomic E-state index is 0.0298. The average Bonchev–Trinajstić information content (AvgIpc) is 3.59. The van der Waals surface area contributed by atoms with Gasteiger partial charge in [0.05, 0.1) is 25.9 Å². The quantitative estimate of drug-likeness (QED) is 0.289. The van der Waals surface area contributed by atoms with Gasteiger partial charge in [0.1, 0.15) is 0 Å². The Bertz CT molecular complexity index is 1360. The zero-order chi connectivity index (χ0) is 30.4. The van der Waals surface area contributed by atoms with Gasteiger partial charge in [-0.15, -0.1) is 0 Å². The molecule has 3 atom stereocenters. The molecule has 2 heterocycles. The molecule has 10 nitrogen and oxygen atoms in total. The fourth-order valence-corrected chi connectivity index (χ4v) is 7.62. The minimum Gasteiger partial charge on any atom is -0.494 e. The van der Waals surface area contributed by atoms with Crippen molar-refractivity contribution < 1.29 is 41.7 Å². The lowest BCUT2D eigenvalue weighted by Crippen LogP contribution is -2.40. The van der Waals surface area contributed by atoms with Gasteiger partial charge in [-0.3, -0.25) is 9.69 Å². The van der Waals surface area contributed by atoms with Gasteiger partial charge >= 0.3 is 5.97 Å². The van der Waals surface area contributed by atoms with E-state index in [2.05, 4.69) is 0 Å². The lowest BCUT2D eigenvalue weighted by Gasteiger charge is -2.30. The Kier molecular flexibility index (Phi) is 10.6. The van der Waals surface area contributed by atoms with E-state index in [1.165, 1.54) is 30.7 Å². The maximum atomic E-state index is 14.9. The molecular weight excluding hydrogens is 567 g/mol. The van der Waals surface area contributed by atoms with Gasteiger partial charge in [0.25, 0.3) is 0 Å². The standard InChI is InChI=1S/C30H41FN2O8S/c1-5-7-8-14-42(36,37)33(11-6-2)13-12-32-18-22(21-16-25(39-4)29-26(17-21)40-19-41-29)27(30(34)35)28(32)20-9-10-24(38-3)23(31)15-20/h9-10,15-17,22,27-28H,5-8,11-14,18-19H2,1-4H3,(H,34,35)/t22-,27-,28+/m1/s1. The first kappa shape index (κ1) is 31.8. The maximum Gasteiger partial charge on any atom is 0.309 e. The zero-order valence-electron chi connectivity index (χ0n) is 24.7. The smallest absolute Gasteiger partial charge is 0.309 e. The summed E-state index contributed by atoms with van der Waals surface area (Å²) in [5.74, 6) is -1.65. The van der Waals surface area contributed by atoms with Gasteiger partial charge in [0, 0.05) is 38.1 Å². The third-order valence-electron chi connectivity index (χ3n) is 8.02. The molecule has 0 aromatic heterocycles. The van der Waals surface area contributed by atoms with Crippen LogP contribution in [-0.2, 0) is 14.8 Å². The number of aliphatic carboxylic acids is 1. The van der Waals surface area contributed by atoms with Crippen LogP contribution in [0.1, 0.15) is 62.6 Å². The van der Waals surface area contributed by atoms with Crippen molar-refractivity contribution in [2.45, 2.75) is 51.5 Å². The number of sulfonamides is 1. The van der Waals surface area contributed by atoms with Gasteiger partial charge < -0.3 is 24.1 Å². The first-order chi connectivity index (χ1) is 20.1. The molecule has 1 fully saturated rings. The van der Waals surface area contributed by atoms with Crippen molar-refractivity contribution in [1.29, 1.82) is 0 Å². The van der Waals surface area contributed by atoms with E-state index in [0.29, 0.717) is 54.3 Å². The number of carboxylic acids is 1. The molecule has 2 aliphatic rings. The Morgan fingerprint density at radius 1 is 1.05 bits per heavy atom. The fourth-order valence-electron chi connectivity index (χ4n) is 5.97. The second kappa shape index (κ2) is 13.9.